The van der Waals surface area contributed by atoms with E-state index in [0.29, 0.717) is 34.4 Å². The average molecular weight is 538 g/mol. The van der Waals surface area contributed by atoms with E-state index in [1.165, 1.54) is 11.8 Å². The Bertz CT molecular complexity index is 1510. The molecule has 0 radical (unpaired) electrons. The Morgan fingerprint density at radius 3 is 2.37 bits per heavy atom. The van der Waals surface area contributed by atoms with Crippen LogP contribution in [-0.4, -0.2) is 34.5 Å². The highest BCUT2D eigenvalue weighted by Crippen LogP contribution is 2.50. The van der Waals surface area contributed by atoms with Crippen LogP contribution in [0.2, 0.25) is 0 Å². The number of nitrogens with one attached hydrogen (secondary N) is 1. The Morgan fingerprint density at radius 1 is 0.974 bits per heavy atom. The van der Waals surface area contributed by atoms with Gasteiger partial charge in [-0.3, -0.25) is 9.69 Å². The number of nitrogens with zero attached hydrogens (tertiary/aromatic N) is 4. The predicted octanol–water partition coefficient (Wildman–Crippen LogP) is 6.99. The maximum Gasteiger partial charge on any atom is 0.269 e. The summed E-state index contributed by atoms with van der Waals surface area (Å²) in [5, 5.41) is 14.3. The molecule has 1 saturated heterocycles. The molecule has 3 aromatic rings. The molecular formula is C30H27N5OS2. The molecule has 38 heavy (non-hydrogen) atoms. The summed E-state index contributed by atoms with van der Waals surface area (Å²) in [5.41, 5.74) is 5.23. The van der Waals surface area contributed by atoms with Gasteiger partial charge in [-0.1, -0.05) is 72.4 Å². The molecule has 0 aliphatic carbocycles. The molecule has 2 aliphatic heterocycles. The molecule has 0 saturated carbocycles. The summed E-state index contributed by atoms with van der Waals surface area (Å²) in [4.78, 5) is 24.5. The maximum atomic E-state index is 14.0. The highest BCUT2D eigenvalue weighted by Gasteiger charge is 2.39. The van der Waals surface area contributed by atoms with Gasteiger partial charge >= 0.3 is 0 Å². The standard InChI is InChI=1S/C30H27N5OS2/c1-4-32-24-16-15-22(18-31)17-25(24)33-30-35(19-21-11-7-5-8-12-21)28(36)27(38-30)29-34(3)20(2)26(37-29)23-13-9-6-10-14-23/h5-17,32H,4,19H2,1-3H3. The van der Waals surface area contributed by atoms with Crippen molar-refractivity contribution in [3.8, 4) is 6.07 Å². The van der Waals surface area contributed by atoms with Gasteiger partial charge in [0.25, 0.3) is 5.91 Å². The van der Waals surface area contributed by atoms with Gasteiger partial charge in [-0.15, -0.1) is 0 Å². The van der Waals surface area contributed by atoms with Crippen molar-refractivity contribution in [1.82, 2.24) is 9.80 Å². The van der Waals surface area contributed by atoms with E-state index in [-0.39, 0.29) is 5.91 Å². The molecule has 190 valence electrons. The molecule has 0 unspecified atom stereocenters. The lowest BCUT2D eigenvalue weighted by Crippen LogP contribution is -2.29. The number of carbonyl (C=O) groups is 1. The Labute approximate surface area is 231 Å². The zero-order valence-corrected chi connectivity index (χ0v) is 23.1. The van der Waals surface area contributed by atoms with Crippen LogP contribution in [0.25, 0.3) is 4.91 Å². The number of hydrogen-bond acceptors (Lipinski definition) is 7. The van der Waals surface area contributed by atoms with Crippen LogP contribution in [0, 0.1) is 11.3 Å². The minimum Gasteiger partial charge on any atom is -0.384 e. The van der Waals surface area contributed by atoms with Crippen molar-refractivity contribution < 1.29 is 4.79 Å². The molecule has 1 N–H and O–H groups in total. The number of rotatable bonds is 6. The lowest BCUT2D eigenvalue weighted by Gasteiger charge is -2.17. The van der Waals surface area contributed by atoms with Crippen LogP contribution in [0.15, 0.2) is 99.5 Å². The van der Waals surface area contributed by atoms with Gasteiger partial charge in [0.2, 0.25) is 0 Å². The van der Waals surface area contributed by atoms with E-state index in [0.717, 1.165) is 32.4 Å². The van der Waals surface area contributed by atoms with Crippen molar-refractivity contribution in [3.05, 3.63) is 111 Å². The molecule has 2 aliphatic rings. The zero-order chi connectivity index (χ0) is 26.6. The molecule has 2 heterocycles. The SMILES string of the molecule is CCNc1ccc(C#N)cc1N=C1SC(=C2SC(c3ccccc3)=C(C)N2C)C(=O)N1Cc1ccccc1. The largest absolute Gasteiger partial charge is 0.384 e. The third-order valence-corrected chi connectivity index (χ3v) is 8.92. The number of nitriles is 1. The van der Waals surface area contributed by atoms with E-state index < -0.39 is 0 Å². The second kappa shape index (κ2) is 11.2. The summed E-state index contributed by atoms with van der Waals surface area (Å²) >= 11 is 3.01. The van der Waals surface area contributed by atoms with Crippen LogP contribution in [0.4, 0.5) is 11.4 Å². The first kappa shape index (κ1) is 25.7. The highest BCUT2D eigenvalue weighted by molar-refractivity contribution is 8.20. The number of allylic oxidation sites excluding steroid dienone is 1. The van der Waals surface area contributed by atoms with Crippen molar-refractivity contribution in [2.75, 3.05) is 18.9 Å². The average Bonchev–Trinajstić information content (AvgIpc) is 3.41. The molecule has 0 aromatic heterocycles. The van der Waals surface area contributed by atoms with Gasteiger partial charge in [0.05, 0.1) is 34.6 Å². The van der Waals surface area contributed by atoms with Gasteiger partial charge in [-0.25, -0.2) is 4.99 Å². The molecule has 6 nitrogen and oxygen atoms in total. The van der Waals surface area contributed by atoms with Gasteiger partial charge in [0.1, 0.15) is 4.91 Å². The number of anilines is 1. The minimum absolute atomic E-state index is 0.0736. The molecule has 1 amide bonds. The number of amides is 1. The molecule has 0 spiro atoms. The van der Waals surface area contributed by atoms with Gasteiger partial charge in [-0.2, -0.15) is 5.26 Å². The summed E-state index contributed by atoms with van der Waals surface area (Å²) < 4.78 is 0. The predicted molar refractivity (Wildman–Crippen MR) is 158 cm³/mol. The summed E-state index contributed by atoms with van der Waals surface area (Å²) in [6.45, 7) is 5.22. The van der Waals surface area contributed by atoms with Crippen molar-refractivity contribution >= 4 is 50.9 Å². The minimum atomic E-state index is -0.0736. The Kier molecular flexibility index (Phi) is 7.59. The number of amidine groups is 1. The van der Waals surface area contributed by atoms with Gasteiger partial charge in [0, 0.05) is 24.2 Å². The fourth-order valence-corrected chi connectivity index (χ4v) is 6.70. The number of aliphatic imine (C=N–C) groups is 1. The summed E-state index contributed by atoms with van der Waals surface area (Å²) in [6, 6.07) is 27.8. The van der Waals surface area contributed by atoms with Crippen LogP contribution in [-0.2, 0) is 11.3 Å². The van der Waals surface area contributed by atoms with Gasteiger partial charge < -0.3 is 10.2 Å². The first-order valence-corrected chi connectivity index (χ1v) is 14.0. The lowest BCUT2D eigenvalue weighted by molar-refractivity contribution is -0.122. The van der Waals surface area contributed by atoms with Crippen LogP contribution >= 0.6 is 23.5 Å². The smallest absolute Gasteiger partial charge is 0.269 e. The zero-order valence-electron chi connectivity index (χ0n) is 21.4. The fourth-order valence-electron chi connectivity index (χ4n) is 4.26. The quantitative estimate of drug-likeness (QED) is 0.342. The van der Waals surface area contributed by atoms with Crippen molar-refractivity contribution in [2.45, 2.75) is 20.4 Å². The third kappa shape index (κ3) is 5.08. The van der Waals surface area contributed by atoms with E-state index in [4.69, 9.17) is 4.99 Å². The molecule has 0 bridgehead atoms. The molecule has 3 aromatic carbocycles. The van der Waals surface area contributed by atoms with Crippen LogP contribution in [0.1, 0.15) is 30.5 Å². The molecule has 0 atom stereocenters. The molecule has 1 fully saturated rings. The monoisotopic (exact) mass is 537 g/mol. The number of benzene rings is 3. The van der Waals surface area contributed by atoms with Crippen LogP contribution in [0.5, 0.6) is 0 Å². The lowest BCUT2D eigenvalue weighted by atomic mass is 10.2. The topological polar surface area (TPSA) is 71.7 Å². The Hall–Kier alpha value is -3.93. The first-order valence-electron chi connectivity index (χ1n) is 12.3. The third-order valence-electron chi connectivity index (χ3n) is 6.32. The number of thioether (sulfide) groups is 2. The van der Waals surface area contributed by atoms with Crippen molar-refractivity contribution in [3.63, 3.8) is 0 Å². The summed E-state index contributed by atoms with van der Waals surface area (Å²) in [6.07, 6.45) is 0. The highest BCUT2D eigenvalue weighted by atomic mass is 32.2. The maximum absolute atomic E-state index is 14.0. The second-order valence-corrected chi connectivity index (χ2v) is 10.8. The summed E-state index contributed by atoms with van der Waals surface area (Å²) in [7, 11) is 2.00. The van der Waals surface area contributed by atoms with E-state index in [1.807, 2.05) is 68.6 Å². The van der Waals surface area contributed by atoms with E-state index in [9.17, 15) is 10.1 Å². The van der Waals surface area contributed by atoms with Crippen LogP contribution < -0.4 is 5.32 Å². The van der Waals surface area contributed by atoms with Crippen LogP contribution in [0.3, 0.4) is 0 Å². The van der Waals surface area contributed by atoms with Crippen molar-refractivity contribution in [1.29, 1.82) is 5.26 Å². The van der Waals surface area contributed by atoms with Gasteiger partial charge in [0.15, 0.2) is 5.17 Å². The summed E-state index contributed by atoms with van der Waals surface area (Å²) in [5.74, 6) is -0.0736. The Balaban J connectivity index is 1.58. The van der Waals surface area contributed by atoms with E-state index in [1.54, 1.807) is 28.8 Å². The van der Waals surface area contributed by atoms with E-state index in [2.05, 4.69) is 35.3 Å². The second-order valence-electron chi connectivity index (χ2n) is 8.82. The van der Waals surface area contributed by atoms with E-state index >= 15 is 0 Å². The fraction of sp³-hybridized carbons (Fsp3) is 0.167. The normalized spacial score (nSPS) is 18.5. The molecule has 8 heteroatoms. The molecular weight excluding hydrogens is 510 g/mol. The Morgan fingerprint density at radius 2 is 1.68 bits per heavy atom. The molecule has 5 rings (SSSR count). The van der Waals surface area contributed by atoms with Gasteiger partial charge in [-0.05, 0) is 54.9 Å². The van der Waals surface area contributed by atoms with Crippen molar-refractivity contribution in [2.24, 2.45) is 4.99 Å². The number of hydrogen-bond donors (Lipinski definition) is 1. The first-order chi connectivity index (χ1) is 18.5. The number of carbonyl (C=O) groups excluding carboxylic acids is 1.